The number of halogens is 1. The van der Waals surface area contributed by atoms with Gasteiger partial charge in [0.05, 0.1) is 6.10 Å². The Bertz CT molecular complexity index is 355. The van der Waals surface area contributed by atoms with Crippen LogP contribution in [0, 0.1) is 0 Å². The summed E-state index contributed by atoms with van der Waals surface area (Å²) in [5, 5.41) is 2.67. The molecule has 1 unspecified atom stereocenters. The third kappa shape index (κ3) is 4.11. The Kier molecular flexibility index (Phi) is 5.12. The third-order valence-corrected chi connectivity index (χ3v) is 2.39. The number of nitrogens with one attached hydrogen (secondary N) is 1. The first kappa shape index (κ1) is 12.8. The fourth-order valence-electron chi connectivity index (χ4n) is 1.16. The van der Waals surface area contributed by atoms with Gasteiger partial charge in [0.15, 0.2) is 0 Å². The summed E-state index contributed by atoms with van der Waals surface area (Å²) < 4.78 is 5.64. The highest BCUT2D eigenvalue weighted by molar-refractivity contribution is 6.29. The van der Waals surface area contributed by atoms with Gasteiger partial charge in [-0.05, 0) is 25.5 Å². The first-order chi connectivity index (χ1) is 7.65. The van der Waals surface area contributed by atoms with Gasteiger partial charge in [-0.15, -0.1) is 11.6 Å². The Hall–Kier alpha value is -1.22. The lowest BCUT2D eigenvalue weighted by Gasteiger charge is -2.13. The van der Waals surface area contributed by atoms with Gasteiger partial charge in [0.2, 0.25) is 5.91 Å². The molecule has 1 aromatic carbocycles. The summed E-state index contributed by atoms with van der Waals surface area (Å²) in [5.41, 5.74) is 0.700. The Morgan fingerprint density at radius 3 is 2.94 bits per heavy atom. The summed E-state index contributed by atoms with van der Waals surface area (Å²) in [6.45, 7) is 4.06. The van der Waals surface area contributed by atoms with E-state index in [1.807, 2.05) is 19.1 Å². The minimum atomic E-state index is -0.220. The van der Waals surface area contributed by atoms with Crippen LogP contribution in [0.25, 0.3) is 0 Å². The number of rotatable bonds is 5. The van der Waals surface area contributed by atoms with Crippen LogP contribution in [0.4, 0.5) is 5.69 Å². The molecule has 16 heavy (non-hydrogen) atoms. The van der Waals surface area contributed by atoms with Crippen molar-refractivity contribution in [3.63, 3.8) is 0 Å². The van der Waals surface area contributed by atoms with Gasteiger partial charge in [-0.25, -0.2) is 0 Å². The molecule has 0 aliphatic heterocycles. The molecule has 0 fully saturated rings. The molecule has 88 valence electrons. The van der Waals surface area contributed by atoms with Crippen molar-refractivity contribution in [1.29, 1.82) is 0 Å². The number of benzene rings is 1. The standard InChI is InChI=1S/C12H16ClNO2/c1-3-9(2)16-11-6-4-5-10(7-11)14-12(15)8-13/h4-7,9H,3,8H2,1-2H3,(H,14,15). The van der Waals surface area contributed by atoms with Crippen molar-refractivity contribution in [1.82, 2.24) is 0 Å². The number of anilines is 1. The first-order valence-corrected chi connectivity index (χ1v) is 5.81. The molecule has 0 saturated heterocycles. The summed E-state index contributed by atoms with van der Waals surface area (Å²) >= 11 is 5.41. The van der Waals surface area contributed by atoms with Crippen molar-refractivity contribution in [3.8, 4) is 5.75 Å². The van der Waals surface area contributed by atoms with E-state index in [2.05, 4.69) is 12.2 Å². The number of alkyl halides is 1. The number of amides is 1. The van der Waals surface area contributed by atoms with Gasteiger partial charge in [-0.1, -0.05) is 13.0 Å². The molecule has 1 N–H and O–H groups in total. The molecule has 1 amide bonds. The van der Waals surface area contributed by atoms with Crippen molar-refractivity contribution in [2.45, 2.75) is 26.4 Å². The van der Waals surface area contributed by atoms with E-state index in [-0.39, 0.29) is 17.9 Å². The Balaban J connectivity index is 2.67. The lowest BCUT2D eigenvalue weighted by atomic mass is 10.2. The van der Waals surface area contributed by atoms with Crippen molar-refractivity contribution >= 4 is 23.2 Å². The van der Waals surface area contributed by atoms with E-state index >= 15 is 0 Å². The molecule has 0 radical (unpaired) electrons. The fourth-order valence-corrected chi connectivity index (χ4v) is 1.22. The zero-order valence-electron chi connectivity index (χ0n) is 9.50. The molecule has 0 heterocycles. The van der Waals surface area contributed by atoms with Gasteiger partial charge in [0.25, 0.3) is 0 Å². The van der Waals surface area contributed by atoms with E-state index in [0.29, 0.717) is 5.69 Å². The SMILES string of the molecule is CCC(C)Oc1cccc(NC(=O)CCl)c1. The molecule has 0 aliphatic rings. The molecule has 0 bridgehead atoms. The average molecular weight is 242 g/mol. The van der Waals surface area contributed by atoms with Crippen LogP contribution in [-0.4, -0.2) is 17.9 Å². The fraction of sp³-hybridized carbons (Fsp3) is 0.417. The van der Waals surface area contributed by atoms with Crippen LogP contribution < -0.4 is 10.1 Å². The van der Waals surface area contributed by atoms with Gasteiger partial charge in [0, 0.05) is 11.8 Å². The predicted octanol–water partition coefficient (Wildman–Crippen LogP) is 3.04. The van der Waals surface area contributed by atoms with Crippen LogP contribution in [-0.2, 0) is 4.79 Å². The summed E-state index contributed by atoms with van der Waals surface area (Å²) in [5.74, 6) is 0.486. The van der Waals surface area contributed by atoms with Crippen molar-refractivity contribution in [3.05, 3.63) is 24.3 Å². The molecule has 0 spiro atoms. The second-order valence-corrected chi connectivity index (χ2v) is 3.81. The molecule has 0 aromatic heterocycles. The van der Waals surface area contributed by atoms with Crippen LogP contribution in [0.2, 0.25) is 0 Å². The molecule has 0 saturated carbocycles. The molecular formula is C12H16ClNO2. The van der Waals surface area contributed by atoms with Crippen molar-refractivity contribution in [2.75, 3.05) is 11.2 Å². The largest absolute Gasteiger partial charge is 0.491 e. The predicted molar refractivity (Wildman–Crippen MR) is 66.2 cm³/mol. The van der Waals surface area contributed by atoms with Gasteiger partial charge in [0.1, 0.15) is 11.6 Å². The second kappa shape index (κ2) is 6.38. The highest BCUT2D eigenvalue weighted by atomic mass is 35.5. The summed E-state index contributed by atoms with van der Waals surface area (Å²) in [6.07, 6.45) is 1.11. The quantitative estimate of drug-likeness (QED) is 0.805. The molecule has 1 rings (SSSR count). The first-order valence-electron chi connectivity index (χ1n) is 5.28. The van der Waals surface area contributed by atoms with E-state index in [1.54, 1.807) is 12.1 Å². The molecule has 1 atom stereocenters. The molecule has 1 aromatic rings. The Morgan fingerprint density at radius 2 is 2.31 bits per heavy atom. The highest BCUT2D eigenvalue weighted by Crippen LogP contribution is 2.19. The minimum Gasteiger partial charge on any atom is -0.491 e. The monoisotopic (exact) mass is 241 g/mol. The van der Waals surface area contributed by atoms with Gasteiger partial charge >= 0.3 is 0 Å². The zero-order valence-corrected chi connectivity index (χ0v) is 10.3. The minimum absolute atomic E-state index is 0.0452. The van der Waals surface area contributed by atoms with Gasteiger partial charge < -0.3 is 10.1 Å². The lowest BCUT2D eigenvalue weighted by molar-refractivity contribution is -0.113. The summed E-state index contributed by atoms with van der Waals surface area (Å²) in [6, 6.07) is 7.29. The molecule has 4 heteroatoms. The van der Waals surface area contributed by atoms with Crippen molar-refractivity contribution in [2.24, 2.45) is 0 Å². The Morgan fingerprint density at radius 1 is 1.56 bits per heavy atom. The number of ether oxygens (including phenoxy) is 1. The second-order valence-electron chi connectivity index (χ2n) is 3.55. The molecule has 3 nitrogen and oxygen atoms in total. The molecule has 0 aliphatic carbocycles. The normalized spacial score (nSPS) is 11.9. The van der Waals surface area contributed by atoms with E-state index in [0.717, 1.165) is 12.2 Å². The van der Waals surface area contributed by atoms with E-state index < -0.39 is 0 Å². The van der Waals surface area contributed by atoms with E-state index in [1.165, 1.54) is 0 Å². The highest BCUT2D eigenvalue weighted by Gasteiger charge is 2.03. The van der Waals surface area contributed by atoms with Gasteiger partial charge in [-0.3, -0.25) is 4.79 Å². The van der Waals surface area contributed by atoms with Crippen LogP contribution in [0.1, 0.15) is 20.3 Å². The van der Waals surface area contributed by atoms with E-state index in [9.17, 15) is 4.79 Å². The van der Waals surface area contributed by atoms with Crippen LogP contribution in [0.15, 0.2) is 24.3 Å². The smallest absolute Gasteiger partial charge is 0.239 e. The number of carbonyl (C=O) groups excluding carboxylic acids is 1. The van der Waals surface area contributed by atoms with E-state index in [4.69, 9.17) is 16.3 Å². The number of hydrogen-bond acceptors (Lipinski definition) is 2. The van der Waals surface area contributed by atoms with Crippen LogP contribution in [0.3, 0.4) is 0 Å². The van der Waals surface area contributed by atoms with Gasteiger partial charge in [-0.2, -0.15) is 0 Å². The van der Waals surface area contributed by atoms with Crippen molar-refractivity contribution < 1.29 is 9.53 Å². The van der Waals surface area contributed by atoms with Crippen LogP contribution >= 0.6 is 11.6 Å². The lowest BCUT2D eigenvalue weighted by Crippen LogP contribution is -2.13. The molecular weight excluding hydrogens is 226 g/mol. The maximum absolute atomic E-state index is 11.1. The summed E-state index contributed by atoms with van der Waals surface area (Å²) in [4.78, 5) is 11.1. The number of carbonyl (C=O) groups is 1. The topological polar surface area (TPSA) is 38.3 Å². The average Bonchev–Trinajstić information content (AvgIpc) is 2.29. The zero-order chi connectivity index (χ0) is 12.0. The van der Waals surface area contributed by atoms with Crippen LogP contribution in [0.5, 0.6) is 5.75 Å². The number of hydrogen-bond donors (Lipinski definition) is 1. The maximum atomic E-state index is 11.1. The Labute approximate surface area is 101 Å². The maximum Gasteiger partial charge on any atom is 0.239 e. The third-order valence-electron chi connectivity index (χ3n) is 2.15. The summed E-state index contributed by atoms with van der Waals surface area (Å²) in [7, 11) is 0.